The summed E-state index contributed by atoms with van der Waals surface area (Å²) in [6, 6.07) is 1.22. The fraction of sp³-hybridized carbons (Fsp3) is 1.00. The van der Waals surface area contributed by atoms with E-state index in [-0.39, 0.29) is 6.10 Å². The second-order valence-electron chi connectivity index (χ2n) is 6.49. The number of rotatable bonds is 4. The lowest BCUT2D eigenvalue weighted by Crippen LogP contribution is -2.43. The molecule has 1 N–H and O–H groups in total. The Labute approximate surface area is 101 Å². The molecule has 0 aromatic rings. The lowest BCUT2D eigenvalue weighted by atomic mass is 9.75. The van der Waals surface area contributed by atoms with Gasteiger partial charge in [0.25, 0.3) is 0 Å². The molecular formula is C14H29NO. The van der Waals surface area contributed by atoms with Crippen LogP contribution in [0.1, 0.15) is 59.8 Å². The van der Waals surface area contributed by atoms with E-state index in [0.717, 1.165) is 12.5 Å². The molecule has 0 amide bonds. The summed E-state index contributed by atoms with van der Waals surface area (Å²) in [6.07, 6.45) is 6.00. The smallest absolute Gasteiger partial charge is 0.0526 e. The summed E-state index contributed by atoms with van der Waals surface area (Å²) in [7, 11) is 2.22. The molecule has 2 unspecified atom stereocenters. The Balaban J connectivity index is 2.40. The van der Waals surface area contributed by atoms with Crippen LogP contribution in [0.2, 0.25) is 0 Å². The number of hydrogen-bond acceptors (Lipinski definition) is 2. The van der Waals surface area contributed by atoms with Crippen molar-refractivity contribution in [1.82, 2.24) is 4.90 Å². The summed E-state index contributed by atoms with van der Waals surface area (Å²) >= 11 is 0. The van der Waals surface area contributed by atoms with Crippen molar-refractivity contribution >= 4 is 0 Å². The monoisotopic (exact) mass is 227 g/mol. The molecular weight excluding hydrogens is 198 g/mol. The van der Waals surface area contributed by atoms with Crippen molar-refractivity contribution in [1.29, 1.82) is 0 Å². The molecule has 1 aliphatic carbocycles. The highest BCUT2D eigenvalue weighted by molar-refractivity contribution is 4.84. The third kappa shape index (κ3) is 4.06. The van der Waals surface area contributed by atoms with Crippen LogP contribution in [0, 0.1) is 5.41 Å². The molecule has 0 radical (unpaired) electrons. The Bertz CT molecular complexity index is 203. The number of aliphatic hydroxyl groups excluding tert-OH is 1. The summed E-state index contributed by atoms with van der Waals surface area (Å²) < 4.78 is 0. The molecule has 96 valence electrons. The quantitative estimate of drug-likeness (QED) is 0.798. The SMILES string of the molecule is CC(O)CC(C)N(C)C1CCC(C)(C)CC1. The molecule has 16 heavy (non-hydrogen) atoms. The van der Waals surface area contributed by atoms with Gasteiger partial charge >= 0.3 is 0 Å². The van der Waals surface area contributed by atoms with Gasteiger partial charge < -0.3 is 10.0 Å². The second kappa shape index (κ2) is 5.50. The Morgan fingerprint density at radius 1 is 1.25 bits per heavy atom. The second-order valence-corrected chi connectivity index (χ2v) is 6.49. The van der Waals surface area contributed by atoms with E-state index >= 15 is 0 Å². The molecule has 0 aromatic carbocycles. The predicted octanol–water partition coefficient (Wildman–Crippen LogP) is 3.05. The molecule has 1 rings (SSSR count). The van der Waals surface area contributed by atoms with E-state index in [4.69, 9.17) is 0 Å². The van der Waals surface area contributed by atoms with Gasteiger partial charge in [-0.3, -0.25) is 0 Å². The van der Waals surface area contributed by atoms with Crippen LogP contribution in [0.5, 0.6) is 0 Å². The lowest BCUT2D eigenvalue weighted by molar-refractivity contribution is 0.0724. The van der Waals surface area contributed by atoms with Crippen molar-refractivity contribution in [2.75, 3.05) is 7.05 Å². The lowest BCUT2D eigenvalue weighted by Gasteiger charge is -2.41. The van der Waals surface area contributed by atoms with Gasteiger partial charge in [-0.2, -0.15) is 0 Å². The van der Waals surface area contributed by atoms with E-state index in [1.807, 2.05) is 6.92 Å². The van der Waals surface area contributed by atoms with Crippen LogP contribution in [-0.4, -0.2) is 35.2 Å². The Morgan fingerprint density at radius 2 is 1.75 bits per heavy atom. The molecule has 0 aromatic heterocycles. The molecule has 0 aliphatic heterocycles. The van der Waals surface area contributed by atoms with Crippen LogP contribution in [-0.2, 0) is 0 Å². The number of aliphatic hydroxyl groups is 1. The molecule has 2 atom stereocenters. The maximum absolute atomic E-state index is 9.43. The van der Waals surface area contributed by atoms with Gasteiger partial charge in [-0.05, 0) is 58.4 Å². The van der Waals surface area contributed by atoms with Crippen molar-refractivity contribution in [3.63, 3.8) is 0 Å². The van der Waals surface area contributed by atoms with Crippen LogP contribution >= 0.6 is 0 Å². The third-order valence-electron chi connectivity index (χ3n) is 4.26. The standard InChI is InChI=1S/C14H29NO/c1-11(10-12(2)16)15(5)13-6-8-14(3,4)9-7-13/h11-13,16H,6-10H2,1-5H3. The average molecular weight is 227 g/mol. The minimum Gasteiger partial charge on any atom is -0.393 e. The van der Waals surface area contributed by atoms with Gasteiger partial charge in [-0.15, -0.1) is 0 Å². The summed E-state index contributed by atoms with van der Waals surface area (Å²) in [5.74, 6) is 0. The van der Waals surface area contributed by atoms with Crippen LogP contribution < -0.4 is 0 Å². The van der Waals surface area contributed by atoms with Crippen molar-refractivity contribution in [3.8, 4) is 0 Å². The van der Waals surface area contributed by atoms with Gasteiger partial charge in [0.1, 0.15) is 0 Å². The largest absolute Gasteiger partial charge is 0.393 e. The van der Waals surface area contributed by atoms with Gasteiger partial charge in [0.15, 0.2) is 0 Å². The van der Waals surface area contributed by atoms with Gasteiger partial charge in [0.2, 0.25) is 0 Å². The van der Waals surface area contributed by atoms with Gasteiger partial charge in [-0.1, -0.05) is 13.8 Å². The average Bonchev–Trinajstić information content (AvgIpc) is 2.15. The van der Waals surface area contributed by atoms with Gasteiger partial charge in [0.05, 0.1) is 6.10 Å². The van der Waals surface area contributed by atoms with Gasteiger partial charge in [-0.25, -0.2) is 0 Å². The molecule has 0 bridgehead atoms. The zero-order valence-electron chi connectivity index (χ0n) is 11.7. The highest BCUT2D eigenvalue weighted by Gasteiger charge is 2.30. The molecule has 0 spiro atoms. The molecule has 1 saturated carbocycles. The summed E-state index contributed by atoms with van der Waals surface area (Å²) in [4.78, 5) is 2.47. The van der Waals surface area contributed by atoms with E-state index in [9.17, 15) is 5.11 Å². The minimum absolute atomic E-state index is 0.183. The van der Waals surface area contributed by atoms with Crippen LogP contribution in [0.15, 0.2) is 0 Å². The van der Waals surface area contributed by atoms with E-state index in [0.29, 0.717) is 11.5 Å². The minimum atomic E-state index is -0.183. The molecule has 1 fully saturated rings. The molecule has 2 heteroatoms. The topological polar surface area (TPSA) is 23.5 Å². The fourth-order valence-electron chi connectivity index (χ4n) is 2.81. The fourth-order valence-corrected chi connectivity index (χ4v) is 2.81. The summed E-state index contributed by atoms with van der Waals surface area (Å²) in [5, 5.41) is 9.43. The predicted molar refractivity (Wildman–Crippen MR) is 69.6 cm³/mol. The van der Waals surface area contributed by atoms with Crippen molar-refractivity contribution in [3.05, 3.63) is 0 Å². The van der Waals surface area contributed by atoms with E-state index < -0.39 is 0 Å². The zero-order valence-corrected chi connectivity index (χ0v) is 11.7. The van der Waals surface area contributed by atoms with Crippen molar-refractivity contribution < 1.29 is 5.11 Å². The van der Waals surface area contributed by atoms with Crippen LogP contribution in [0.25, 0.3) is 0 Å². The number of hydrogen-bond donors (Lipinski definition) is 1. The third-order valence-corrected chi connectivity index (χ3v) is 4.26. The first-order valence-corrected chi connectivity index (χ1v) is 6.72. The van der Waals surface area contributed by atoms with Crippen molar-refractivity contribution in [2.24, 2.45) is 5.41 Å². The first-order valence-electron chi connectivity index (χ1n) is 6.72. The van der Waals surface area contributed by atoms with Crippen LogP contribution in [0.4, 0.5) is 0 Å². The van der Waals surface area contributed by atoms with E-state index in [1.165, 1.54) is 25.7 Å². The Kier molecular flexibility index (Phi) is 4.81. The zero-order chi connectivity index (χ0) is 12.3. The van der Waals surface area contributed by atoms with Gasteiger partial charge in [0, 0.05) is 12.1 Å². The maximum Gasteiger partial charge on any atom is 0.0526 e. The molecule has 0 heterocycles. The summed E-state index contributed by atoms with van der Waals surface area (Å²) in [6.45, 7) is 8.87. The van der Waals surface area contributed by atoms with E-state index in [1.54, 1.807) is 0 Å². The Hall–Kier alpha value is -0.0800. The molecule has 2 nitrogen and oxygen atoms in total. The van der Waals surface area contributed by atoms with E-state index in [2.05, 4.69) is 32.7 Å². The highest BCUT2D eigenvalue weighted by Crippen LogP contribution is 2.37. The molecule has 1 aliphatic rings. The normalized spacial score (nSPS) is 25.7. The highest BCUT2D eigenvalue weighted by atomic mass is 16.3. The first-order chi connectivity index (χ1) is 7.32. The number of nitrogens with zero attached hydrogens (tertiary/aromatic N) is 1. The molecule has 0 saturated heterocycles. The van der Waals surface area contributed by atoms with Crippen LogP contribution in [0.3, 0.4) is 0 Å². The first kappa shape index (κ1) is 14.0. The summed E-state index contributed by atoms with van der Waals surface area (Å²) in [5.41, 5.74) is 0.546. The maximum atomic E-state index is 9.43. The Morgan fingerprint density at radius 3 is 2.19 bits per heavy atom. The van der Waals surface area contributed by atoms with Crippen molar-refractivity contribution in [2.45, 2.75) is 78.0 Å².